The van der Waals surface area contributed by atoms with Gasteiger partial charge in [-0.25, -0.2) is 0 Å². The van der Waals surface area contributed by atoms with Crippen molar-refractivity contribution >= 4 is 32.4 Å². The maximum Gasteiger partial charge on any atom is 0.0610 e. The van der Waals surface area contributed by atoms with Gasteiger partial charge in [-0.3, -0.25) is 0 Å². The average Bonchev–Trinajstić information content (AvgIpc) is 1.38. The van der Waals surface area contributed by atoms with Crippen LogP contribution in [-0.4, -0.2) is 11.0 Å². The standard InChI is InChI=1S/C2H5Cl2P/c3-1-2(4)5/h2H,1,5H2. The van der Waals surface area contributed by atoms with Crippen molar-refractivity contribution in [1.82, 2.24) is 0 Å². The highest BCUT2D eigenvalue weighted by atomic mass is 35.5. The quantitative estimate of drug-likeness (QED) is 0.375. The molecule has 0 aromatic heterocycles. The van der Waals surface area contributed by atoms with E-state index in [-0.39, 0.29) is 5.12 Å². The van der Waals surface area contributed by atoms with Crippen molar-refractivity contribution in [2.45, 2.75) is 5.12 Å². The topological polar surface area (TPSA) is 0 Å². The van der Waals surface area contributed by atoms with Crippen molar-refractivity contribution in [2.75, 3.05) is 5.88 Å². The second-order valence-electron chi connectivity index (χ2n) is 0.670. The molecule has 0 aromatic rings. The Morgan fingerprint density at radius 1 is 1.80 bits per heavy atom. The van der Waals surface area contributed by atoms with E-state index < -0.39 is 0 Å². The minimum absolute atomic E-state index is 0.0386. The summed E-state index contributed by atoms with van der Waals surface area (Å²) in [6.07, 6.45) is 0. The van der Waals surface area contributed by atoms with E-state index in [2.05, 4.69) is 9.24 Å². The second kappa shape index (κ2) is 3.21. The molecular formula is C2H5Cl2P. The fourth-order valence-corrected chi connectivity index (χ4v) is 0. The van der Waals surface area contributed by atoms with Gasteiger partial charge in [-0.1, -0.05) is 0 Å². The summed E-state index contributed by atoms with van der Waals surface area (Å²) in [7, 11) is 2.37. The molecule has 0 nitrogen and oxygen atoms in total. The first-order valence-electron chi connectivity index (χ1n) is 1.23. The van der Waals surface area contributed by atoms with Gasteiger partial charge >= 0.3 is 0 Å². The molecule has 0 rings (SSSR count). The molecule has 0 saturated heterocycles. The van der Waals surface area contributed by atoms with Crippen molar-refractivity contribution in [1.29, 1.82) is 0 Å². The molecule has 3 heteroatoms. The van der Waals surface area contributed by atoms with Crippen LogP contribution in [0.25, 0.3) is 0 Å². The molecule has 0 N–H and O–H groups in total. The van der Waals surface area contributed by atoms with Crippen LogP contribution in [0.5, 0.6) is 0 Å². The lowest BCUT2D eigenvalue weighted by Crippen LogP contribution is -1.81. The third-order valence-corrected chi connectivity index (χ3v) is 1.33. The fourth-order valence-electron chi connectivity index (χ4n) is 0. The highest BCUT2D eigenvalue weighted by Gasteiger charge is 1.85. The molecule has 2 unspecified atom stereocenters. The van der Waals surface area contributed by atoms with Gasteiger partial charge in [-0.2, -0.15) is 0 Å². The van der Waals surface area contributed by atoms with E-state index in [0.717, 1.165) is 0 Å². The zero-order valence-corrected chi connectivity index (χ0v) is 5.28. The summed E-state index contributed by atoms with van der Waals surface area (Å²) >= 11 is 10.5. The molecule has 0 spiro atoms. The molecule has 0 radical (unpaired) electrons. The summed E-state index contributed by atoms with van der Waals surface area (Å²) in [5.41, 5.74) is 0. The predicted octanol–water partition coefficient (Wildman–Crippen LogP) is 1.67. The van der Waals surface area contributed by atoms with Crippen LogP contribution in [-0.2, 0) is 0 Å². The molecule has 0 aromatic carbocycles. The van der Waals surface area contributed by atoms with Crippen LogP contribution in [0.4, 0.5) is 0 Å². The van der Waals surface area contributed by atoms with Gasteiger partial charge < -0.3 is 0 Å². The number of alkyl halides is 2. The van der Waals surface area contributed by atoms with Crippen LogP contribution in [0.2, 0.25) is 0 Å². The third-order valence-electron chi connectivity index (χ3n) is 0.147. The van der Waals surface area contributed by atoms with E-state index in [1.54, 1.807) is 0 Å². The van der Waals surface area contributed by atoms with Crippen molar-refractivity contribution in [2.24, 2.45) is 0 Å². The number of hydrogen-bond acceptors (Lipinski definition) is 0. The van der Waals surface area contributed by atoms with Crippen molar-refractivity contribution in [3.8, 4) is 0 Å². The largest absolute Gasteiger partial charge is 0.125 e. The number of halogens is 2. The number of rotatable bonds is 1. The van der Waals surface area contributed by atoms with Crippen LogP contribution >= 0.6 is 32.4 Å². The van der Waals surface area contributed by atoms with Crippen LogP contribution in [0.1, 0.15) is 0 Å². The van der Waals surface area contributed by atoms with E-state index >= 15 is 0 Å². The Kier molecular flexibility index (Phi) is 3.86. The monoisotopic (exact) mass is 130 g/mol. The molecule has 0 aliphatic carbocycles. The van der Waals surface area contributed by atoms with E-state index in [1.165, 1.54) is 0 Å². The Balaban J connectivity index is 2.54. The van der Waals surface area contributed by atoms with E-state index in [9.17, 15) is 0 Å². The Morgan fingerprint density at radius 2 is 2.00 bits per heavy atom. The van der Waals surface area contributed by atoms with Crippen LogP contribution in [0.3, 0.4) is 0 Å². The highest BCUT2D eigenvalue weighted by molar-refractivity contribution is 7.21. The van der Waals surface area contributed by atoms with E-state index in [0.29, 0.717) is 5.88 Å². The zero-order valence-electron chi connectivity index (χ0n) is 2.62. The average molecular weight is 131 g/mol. The second-order valence-corrected chi connectivity index (χ2v) is 2.77. The summed E-state index contributed by atoms with van der Waals surface area (Å²) in [5.74, 6) is 0.506. The molecule has 2 atom stereocenters. The lowest BCUT2D eigenvalue weighted by atomic mass is 10.9. The number of hydrogen-bond donors (Lipinski definition) is 0. The van der Waals surface area contributed by atoms with Crippen LogP contribution < -0.4 is 0 Å². The Hall–Kier alpha value is 1.01. The van der Waals surface area contributed by atoms with Gasteiger partial charge in [-0.15, -0.1) is 32.4 Å². The first kappa shape index (κ1) is 6.01. The summed E-state index contributed by atoms with van der Waals surface area (Å²) in [6, 6.07) is 0. The van der Waals surface area contributed by atoms with Gasteiger partial charge in [0.15, 0.2) is 0 Å². The predicted molar refractivity (Wildman–Crippen MR) is 30.1 cm³/mol. The van der Waals surface area contributed by atoms with Crippen LogP contribution in [0.15, 0.2) is 0 Å². The first-order chi connectivity index (χ1) is 2.27. The molecule has 0 aliphatic rings. The van der Waals surface area contributed by atoms with Gasteiger partial charge in [0.05, 0.1) is 5.12 Å². The van der Waals surface area contributed by atoms with Crippen LogP contribution in [0, 0.1) is 0 Å². The molecule has 0 heterocycles. The third kappa shape index (κ3) is 5.01. The molecule has 0 saturated carbocycles. The Bertz CT molecular complexity index is 21.6. The first-order valence-corrected chi connectivity index (χ1v) is 2.86. The van der Waals surface area contributed by atoms with Gasteiger partial charge in [0, 0.05) is 5.88 Å². The maximum atomic E-state index is 5.29. The van der Waals surface area contributed by atoms with Gasteiger partial charge in [0.25, 0.3) is 0 Å². The molecular weight excluding hydrogens is 126 g/mol. The SMILES string of the molecule is PC(Cl)CCl. The van der Waals surface area contributed by atoms with E-state index in [1.807, 2.05) is 0 Å². The fraction of sp³-hybridized carbons (Fsp3) is 1.00. The minimum Gasteiger partial charge on any atom is -0.125 e. The maximum absolute atomic E-state index is 5.29. The summed E-state index contributed by atoms with van der Waals surface area (Å²) in [6.45, 7) is 0. The van der Waals surface area contributed by atoms with Gasteiger partial charge in [0.2, 0.25) is 0 Å². The minimum atomic E-state index is 0.0386. The summed E-state index contributed by atoms with van der Waals surface area (Å²) < 4.78 is 0. The lowest BCUT2D eigenvalue weighted by Gasteiger charge is -1.85. The zero-order chi connectivity index (χ0) is 4.28. The molecule has 5 heavy (non-hydrogen) atoms. The van der Waals surface area contributed by atoms with E-state index in [4.69, 9.17) is 23.2 Å². The molecule has 0 fully saturated rings. The van der Waals surface area contributed by atoms with Crippen molar-refractivity contribution < 1.29 is 0 Å². The van der Waals surface area contributed by atoms with Crippen molar-refractivity contribution in [3.63, 3.8) is 0 Å². The van der Waals surface area contributed by atoms with Crippen molar-refractivity contribution in [3.05, 3.63) is 0 Å². The summed E-state index contributed by atoms with van der Waals surface area (Å²) in [4.78, 5) is 0. The summed E-state index contributed by atoms with van der Waals surface area (Å²) in [5, 5.41) is 0.0386. The molecule has 0 aliphatic heterocycles. The lowest BCUT2D eigenvalue weighted by molar-refractivity contribution is 1.42. The Morgan fingerprint density at radius 3 is 2.00 bits per heavy atom. The normalized spacial score (nSPS) is 15.0. The Labute approximate surface area is 44.0 Å². The molecule has 32 valence electrons. The smallest absolute Gasteiger partial charge is 0.0610 e. The van der Waals surface area contributed by atoms with Gasteiger partial charge in [-0.05, 0) is 0 Å². The highest BCUT2D eigenvalue weighted by Crippen LogP contribution is 2.05. The molecule has 0 amide bonds. The molecule has 0 bridgehead atoms. The van der Waals surface area contributed by atoms with Gasteiger partial charge in [0.1, 0.15) is 0 Å².